The molecule has 0 aliphatic heterocycles. The molecule has 0 aromatic heterocycles. The first-order valence-corrected chi connectivity index (χ1v) is 5.91. The summed E-state index contributed by atoms with van der Waals surface area (Å²) in [6.07, 6.45) is 4.37. The number of esters is 1. The van der Waals surface area contributed by atoms with Gasteiger partial charge < -0.3 is 4.74 Å². The molecular formula is C14H15FO2. The van der Waals surface area contributed by atoms with Gasteiger partial charge in [-0.2, -0.15) is 0 Å². The molecule has 3 heteroatoms. The van der Waals surface area contributed by atoms with Crippen LogP contribution < -0.4 is 0 Å². The number of benzene rings is 1. The molecule has 90 valence electrons. The second-order valence-electron chi connectivity index (χ2n) is 4.10. The molecule has 1 aliphatic carbocycles. The Balaban J connectivity index is 2.24. The smallest absolute Gasteiger partial charge is 0.311 e. The number of halogens is 1. The van der Waals surface area contributed by atoms with E-state index in [0.29, 0.717) is 36.1 Å². The maximum absolute atomic E-state index is 13.6. The molecular weight excluding hydrogens is 219 g/mol. The highest BCUT2D eigenvalue weighted by Crippen LogP contribution is 2.29. The molecule has 0 fully saturated rings. The van der Waals surface area contributed by atoms with Crippen LogP contribution >= 0.6 is 0 Å². The maximum Gasteiger partial charge on any atom is 0.311 e. The fourth-order valence-corrected chi connectivity index (χ4v) is 1.98. The van der Waals surface area contributed by atoms with Gasteiger partial charge in [-0.3, -0.25) is 4.79 Å². The van der Waals surface area contributed by atoms with Crippen molar-refractivity contribution in [1.82, 2.24) is 0 Å². The lowest BCUT2D eigenvalue weighted by Crippen LogP contribution is -2.09. The highest BCUT2D eigenvalue weighted by molar-refractivity contribution is 5.79. The molecule has 1 aromatic carbocycles. The number of allylic oxidation sites excluding steroid dienone is 1. The number of hydrogen-bond acceptors (Lipinski definition) is 2. The van der Waals surface area contributed by atoms with Gasteiger partial charge in [0.05, 0.1) is 0 Å². The number of fused-ring (bicyclic) bond motifs is 1. The Hall–Kier alpha value is -1.64. The average Bonchev–Trinajstić information content (AvgIpc) is 2.31. The molecule has 2 nitrogen and oxygen atoms in total. The van der Waals surface area contributed by atoms with E-state index in [0.717, 1.165) is 6.42 Å². The topological polar surface area (TPSA) is 26.3 Å². The summed E-state index contributed by atoms with van der Waals surface area (Å²) in [7, 11) is 0. The van der Waals surface area contributed by atoms with Crippen molar-refractivity contribution in [1.29, 1.82) is 0 Å². The van der Waals surface area contributed by atoms with Crippen molar-refractivity contribution in [3.8, 4) is 0 Å². The van der Waals surface area contributed by atoms with Crippen LogP contribution in [0.2, 0.25) is 0 Å². The summed E-state index contributed by atoms with van der Waals surface area (Å²) in [6, 6.07) is 4.87. The molecule has 0 amide bonds. The zero-order valence-electron chi connectivity index (χ0n) is 9.83. The minimum Gasteiger partial charge on any atom is -0.426 e. The molecule has 1 aromatic rings. The Bertz CT molecular complexity index is 463. The minimum absolute atomic E-state index is 0.223. The SMILES string of the molecule is CCCC(=O)OC1=CCCc2c(F)cccc21. The van der Waals surface area contributed by atoms with Gasteiger partial charge in [-0.1, -0.05) is 19.1 Å². The molecule has 0 spiro atoms. The summed E-state index contributed by atoms with van der Waals surface area (Å²) < 4.78 is 18.8. The van der Waals surface area contributed by atoms with Gasteiger partial charge in [0.25, 0.3) is 0 Å². The third-order valence-electron chi connectivity index (χ3n) is 2.79. The van der Waals surface area contributed by atoms with Crippen LogP contribution in [0.3, 0.4) is 0 Å². The first-order chi connectivity index (χ1) is 8.22. The van der Waals surface area contributed by atoms with Crippen LogP contribution in [0.15, 0.2) is 24.3 Å². The molecule has 0 saturated heterocycles. The van der Waals surface area contributed by atoms with Gasteiger partial charge >= 0.3 is 5.97 Å². The summed E-state index contributed by atoms with van der Waals surface area (Å²) >= 11 is 0. The zero-order valence-corrected chi connectivity index (χ0v) is 9.83. The van der Waals surface area contributed by atoms with Crippen molar-refractivity contribution in [2.45, 2.75) is 32.6 Å². The first kappa shape index (κ1) is 11.8. The normalized spacial score (nSPS) is 13.9. The predicted octanol–water partition coefficient (Wildman–Crippen LogP) is 3.46. The van der Waals surface area contributed by atoms with Crippen LogP contribution in [0, 0.1) is 5.82 Å². The van der Waals surface area contributed by atoms with Gasteiger partial charge in [0, 0.05) is 12.0 Å². The molecule has 0 saturated carbocycles. The van der Waals surface area contributed by atoms with E-state index < -0.39 is 0 Å². The van der Waals surface area contributed by atoms with E-state index in [1.807, 2.05) is 13.0 Å². The summed E-state index contributed by atoms with van der Waals surface area (Å²) in [5.74, 6) is 0.0275. The van der Waals surface area contributed by atoms with E-state index in [4.69, 9.17) is 4.74 Å². The monoisotopic (exact) mass is 234 g/mol. The second-order valence-corrected chi connectivity index (χ2v) is 4.10. The Morgan fingerprint density at radius 1 is 1.47 bits per heavy atom. The predicted molar refractivity (Wildman–Crippen MR) is 63.7 cm³/mol. The van der Waals surface area contributed by atoms with E-state index >= 15 is 0 Å². The Morgan fingerprint density at radius 2 is 2.29 bits per heavy atom. The highest BCUT2D eigenvalue weighted by atomic mass is 19.1. The van der Waals surface area contributed by atoms with Crippen LogP contribution in [0.5, 0.6) is 0 Å². The highest BCUT2D eigenvalue weighted by Gasteiger charge is 2.18. The number of rotatable bonds is 3. The van der Waals surface area contributed by atoms with E-state index in [1.165, 1.54) is 6.07 Å². The molecule has 0 bridgehead atoms. The van der Waals surface area contributed by atoms with Crippen molar-refractivity contribution in [2.75, 3.05) is 0 Å². The fourth-order valence-electron chi connectivity index (χ4n) is 1.98. The van der Waals surface area contributed by atoms with Gasteiger partial charge in [0.15, 0.2) is 0 Å². The molecule has 1 aliphatic rings. The molecule has 0 unspecified atom stereocenters. The molecule has 2 rings (SSSR count). The standard InChI is InChI=1S/C14H15FO2/c1-2-5-14(16)17-13-9-4-6-10-11(13)7-3-8-12(10)15/h3,7-9H,2,4-6H2,1H3. The molecule has 0 N–H and O–H groups in total. The van der Waals surface area contributed by atoms with Gasteiger partial charge in [0.1, 0.15) is 11.6 Å². The fraction of sp³-hybridized carbons (Fsp3) is 0.357. The number of hydrogen-bond donors (Lipinski definition) is 0. The van der Waals surface area contributed by atoms with Gasteiger partial charge in [-0.15, -0.1) is 0 Å². The van der Waals surface area contributed by atoms with E-state index in [9.17, 15) is 9.18 Å². The van der Waals surface area contributed by atoms with Crippen molar-refractivity contribution in [3.63, 3.8) is 0 Å². The van der Waals surface area contributed by atoms with Crippen molar-refractivity contribution >= 4 is 11.7 Å². The van der Waals surface area contributed by atoms with Crippen LogP contribution in [-0.4, -0.2) is 5.97 Å². The summed E-state index contributed by atoms with van der Waals surface area (Å²) in [6.45, 7) is 1.92. The number of carbonyl (C=O) groups is 1. The lowest BCUT2D eigenvalue weighted by atomic mass is 9.95. The average molecular weight is 234 g/mol. The number of carbonyl (C=O) groups excluding carboxylic acids is 1. The molecule has 0 atom stereocenters. The summed E-state index contributed by atoms with van der Waals surface area (Å²) in [5, 5.41) is 0. The quantitative estimate of drug-likeness (QED) is 0.749. The molecule has 0 heterocycles. The third kappa shape index (κ3) is 2.54. The Kier molecular flexibility index (Phi) is 3.57. The zero-order chi connectivity index (χ0) is 12.3. The summed E-state index contributed by atoms with van der Waals surface area (Å²) in [4.78, 5) is 11.4. The van der Waals surface area contributed by atoms with Gasteiger partial charge in [-0.05, 0) is 37.0 Å². The lowest BCUT2D eigenvalue weighted by Gasteiger charge is -2.17. The van der Waals surface area contributed by atoms with Crippen LogP contribution in [-0.2, 0) is 16.0 Å². The van der Waals surface area contributed by atoms with Crippen LogP contribution in [0.1, 0.15) is 37.3 Å². The van der Waals surface area contributed by atoms with Crippen molar-refractivity contribution in [2.24, 2.45) is 0 Å². The summed E-state index contributed by atoms with van der Waals surface area (Å²) in [5.41, 5.74) is 1.36. The van der Waals surface area contributed by atoms with E-state index in [2.05, 4.69) is 0 Å². The second kappa shape index (κ2) is 5.13. The lowest BCUT2D eigenvalue weighted by molar-refractivity contribution is -0.136. The number of ether oxygens (including phenoxy) is 1. The minimum atomic E-state index is -0.254. The maximum atomic E-state index is 13.6. The van der Waals surface area contributed by atoms with Crippen molar-refractivity contribution < 1.29 is 13.9 Å². The largest absolute Gasteiger partial charge is 0.426 e. The van der Waals surface area contributed by atoms with E-state index in [1.54, 1.807) is 12.1 Å². The van der Waals surface area contributed by atoms with Crippen LogP contribution in [0.25, 0.3) is 5.76 Å². The van der Waals surface area contributed by atoms with Crippen LogP contribution in [0.4, 0.5) is 4.39 Å². The molecule has 17 heavy (non-hydrogen) atoms. The Labute approximate surface area is 100 Å². The van der Waals surface area contributed by atoms with Crippen molar-refractivity contribution in [3.05, 3.63) is 41.2 Å². The van der Waals surface area contributed by atoms with Gasteiger partial charge in [0.2, 0.25) is 0 Å². The first-order valence-electron chi connectivity index (χ1n) is 5.91. The molecule has 0 radical (unpaired) electrons. The Morgan fingerprint density at radius 3 is 3.06 bits per heavy atom. The van der Waals surface area contributed by atoms with E-state index in [-0.39, 0.29) is 11.8 Å². The third-order valence-corrected chi connectivity index (χ3v) is 2.79. The van der Waals surface area contributed by atoms with Gasteiger partial charge in [-0.25, -0.2) is 4.39 Å².